The lowest BCUT2D eigenvalue weighted by molar-refractivity contribution is -0.0512. The molecule has 1 heterocycles. The fourth-order valence-corrected chi connectivity index (χ4v) is 3.12. The molecule has 32 heavy (non-hydrogen) atoms. The summed E-state index contributed by atoms with van der Waals surface area (Å²) in [6, 6.07) is 21.0. The van der Waals surface area contributed by atoms with E-state index in [1.54, 1.807) is 6.07 Å². The molecule has 4 aromatic rings. The Labute approximate surface area is 182 Å². The molecular weight excluding hydrogens is 420 g/mol. The van der Waals surface area contributed by atoms with Crippen LogP contribution < -0.4 is 19.5 Å². The first-order valence-electron chi connectivity index (χ1n) is 9.66. The number of methoxy groups -OCH3 is 1. The van der Waals surface area contributed by atoms with E-state index in [0.29, 0.717) is 17.2 Å². The van der Waals surface area contributed by atoms with Crippen LogP contribution in [-0.2, 0) is 6.61 Å². The number of hydrogen-bond donors (Lipinski definition) is 1. The van der Waals surface area contributed by atoms with Crippen molar-refractivity contribution < 1.29 is 32.2 Å². The Bertz CT molecular complexity index is 1240. The van der Waals surface area contributed by atoms with Gasteiger partial charge in [0.05, 0.1) is 7.11 Å². The number of rotatable bonds is 8. The number of benzene rings is 3. The molecule has 3 aromatic carbocycles. The highest BCUT2D eigenvalue weighted by molar-refractivity contribution is 6.02. The molecule has 0 fully saturated rings. The Morgan fingerprint density at radius 1 is 0.969 bits per heavy atom. The van der Waals surface area contributed by atoms with Crippen LogP contribution >= 0.6 is 0 Å². The molecule has 0 aliphatic rings. The molecule has 1 N–H and O–H groups in total. The Balaban J connectivity index is 1.39. The van der Waals surface area contributed by atoms with Crippen molar-refractivity contribution in [2.45, 2.75) is 13.2 Å². The number of fused-ring (bicyclic) bond motifs is 1. The number of nitrogens with one attached hydrogen (secondary N) is 1. The molecule has 0 unspecified atom stereocenters. The molecule has 1 aromatic heterocycles. The van der Waals surface area contributed by atoms with Gasteiger partial charge < -0.3 is 23.9 Å². The Morgan fingerprint density at radius 3 is 2.56 bits per heavy atom. The van der Waals surface area contributed by atoms with Gasteiger partial charge in [0.15, 0.2) is 17.3 Å². The topological polar surface area (TPSA) is 69.9 Å². The highest BCUT2D eigenvalue weighted by Gasteiger charge is 2.15. The molecule has 0 bridgehead atoms. The van der Waals surface area contributed by atoms with Gasteiger partial charge in [-0.3, -0.25) is 4.79 Å². The van der Waals surface area contributed by atoms with E-state index in [2.05, 4.69) is 10.1 Å². The minimum absolute atomic E-state index is 0.0621. The number of alkyl halides is 2. The molecule has 0 saturated heterocycles. The number of carbonyl (C=O) groups is 1. The van der Waals surface area contributed by atoms with E-state index in [9.17, 15) is 13.6 Å². The zero-order chi connectivity index (χ0) is 22.5. The number of amides is 1. The van der Waals surface area contributed by atoms with Gasteiger partial charge in [0.1, 0.15) is 18.1 Å². The molecule has 1 amide bonds. The fourth-order valence-electron chi connectivity index (χ4n) is 3.12. The average molecular weight is 439 g/mol. The van der Waals surface area contributed by atoms with Gasteiger partial charge in [-0.1, -0.05) is 30.3 Å². The van der Waals surface area contributed by atoms with Crippen LogP contribution in [0.1, 0.15) is 16.3 Å². The van der Waals surface area contributed by atoms with Crippen molar-refractivity contribution >= 4 is 22.4 Å². The van der Waals surface area contributed by atoms with Gasteiger partial charge in [-0.05, 0) is 47.2 Å². The molecule has 0 aliphatic carbocycles. The first kappa shape index (κ1) is 21.2. The van der Waals surface area contributed by atoms with E-state index in [1.165, 1.54) is 31.4 Å². The lowest BCUT2D eigenvalue weighted by atomic mass is 10.1. The van der Waals surface area contributed by atoms with Crippen LogP contribution in [0.15, 0.2) is 77.2 Å². The van der Waals surface area contributed by atoms with Crippen LogP contribution in [0.5, 0.6) is 17.2 Å². The van der Waals surface area contributed by atoms with E-state index >= 15 is 0 Å². The fraction of sp³-hybridized carbons (Fsp3) is 0.125. The zero-order valence-corrected chi connectivity index (χ0v) is 17.0. The molecule has 0 saturated carbocycles. The quantitative estimate of drug-likeness (QED) is 0.372. The van der Waals surface area contributed by atoms with Gasteiger partial charge in [0.25, 0.3) is 5.91 Å². The Hall–Kier alpha value is -4.07. The molecule has 4 rings (SSSR count). The number of carbonyl (C=O) groups excluding carboxylic acids is 1. The smallest absolute Gasteiger partial charge is 0.387 e. The van der Waals surface area contributed by atoms with Gasteiger partial charge in [0, 0.05) is 11.8 Å². The van der Waals surface area contributed by atoms with Gasteiger partial charge >= 0.3 is 6.61 Å². The van der Waals surface area contributed by atoms with Crippen molar-refractivity contribution in [2.75, 3.05) is 12.4 Å². The van der Waals surface area contributed by atoms with Crippen LogP contribution in [-0.4, -0.2) is 19.6 Å². The first-order chi connectivity index (χ1) is 15.5. The van der Waals surface area contributed by atoms with Gasteiger partial charge in [-0.15, -0.1) is 0 Å². The van der Waals surface area contributed by atoms with Crippen molar-refractivity contribution in [1.29, 1.82) is 0 Å². The maximum Gasteiger partial charge on any atom is 0.387 e. The van der Waals surface area contributed by atoms with Crippen LogP contribution in [0, 0.1) is 0 Å². The van der Waals surface area contributed by atoms with Crippen molar-refractivity contribution in [1.82, 2.24) is 0 Å². The minimum Gasteiger partial charge on any atom is -0.493 e. The number of anilines is 1. The Kier molecular flexibility index (Phi) is 6.21. The molecule has 0 radical (unpaired) electrons. The summed E-state index contributed by atoms with van der Waals surface area (Å²) in [4.78, 5) is 12.5. The van der Waals surface area contributed by atoms with Gasteiger partial charge in [-0.25, -0.2) is 0 Å². The highest BCUT2D eigenvalue weighted by atomic mass is 19.3. The third-order valence-corrected chi connectivity index (χ3v) is 4.63. The van der Waals surface area contributed by atoms with E-state index in [-0.39, 0.29) is 23.9 Å². The predicted octanol–water partition coefficient (Wildman–Crippen LogP) is 5.87. The zero-order valence-electron chi connectivity index (χ0n) is 17.0. The van der Waals surface area contributed by atoms with Crippen molar-refractivity contribution in [2.24, 2.45) is 0 Å². The minimum atomic E-state index is -2.98. The summed E-state index contributed by atoms with van der Waals surface area (Å²) >= 11 is 0. The van der Waals surface area contributed by atoms with Gasteiger partial charge in [-0.2, -0.15) is 8.78 Å². The van der Waals surface area contributed by atoms with Crippen LogP contribution in [0.3, 0.4) is 0 Å². The molecule has 6 nitrogen and oxygen atoms in total. The SMILES string of the molecule is COc1cc(NC(=O)c2ccc(COc3ccc4ccccc4c3)o2)ccc1OC(F)F. The normalized spacial score (nSPS) is 10.9. The lowest BCUT2D eigenvalue weighted by Gasteiger charge is -2.11. The van der Waals surface area contributed by atoms with Crippen molar-refractivity contribution in [3.63, 3.8) is 0 Å². The average Bonchev–Trinajstić information content (AvgIpc) is 3.27. The second-order valence-electron chi connectivity index (χ2n) is 6.76. The largest absolute Gasteiger partial charge is 0.493 e. The van der Waals surface area contributed by atoms with E-state index in [1.807, 2.05) is 42.5 Å². The van der Waals surface area contributed by atoms with Crippen LogP contribution in [0.4, 0.5) is 14.5 Å². The summed E-state index contributed by atoms with van der Waals surface area (Å²) in [5.74, 6) is 0.657. The summed E-state index contributed by atoms with van der Waals surface area (Å²) in [6.07, 6.45) is 0. The van der Waals surface area contributed by atoms with Crippen molar-refractivity contribution in [3.05, 3.63) is 84.3 Å². The molecule has 0 atom stereocenters. The summed E-state index contributed by atoms with van der Waals surface area (Å²) in [5, 5.41) is 4.80. The standard InChI is InChI=1S/C24H19F2NO5/c1-29-22-13-17(7-10-20(22)32-24(25)26)27-23(28)21-11-9-19(31-21)14-30-18-8-6-15-4-2-3-5-16(15)12-18/h2-13,24H,14H2,1H3,(H,27,28). The maximum atomic E-state index is 12.5. The second kappa shape index (κ2) is 9.38. The molecule has 0 aliphatic heterocycles. The second-order valence-corrected chi connectivity index (χ2v) is 6.76. The summed E-state index contributed by atoms with van der Waals surface area (Å²) in [7, 11) is 1.31. The monoisotopic (exact) mass is 439 g/mol. The maximum absolute atomic E-state index is 12.5. The number of halogens is 2. The van der Waals surface area contributed by atoms with Gasteiger partial charge in [0.2, 0.25) is 0 Å². The highest BCUT2D eigenvalue weighted by Crippen LogP contribution is 2.31. The summed E-state index contributed by atoms with van der Waals surface area (Å²) in [5.41, 5.74) is 0.332. The lowest BCUT2D eigenvalue weighted by Crippen LogP contribution is -2.11. The number of furan rings is 1. The Morgan fingerprint density at radius 2 is 1.78 bits per heavy atom. The third kappa shape index (κ3) is 4.97. The molecular formula is C24H19F2NO5. The molecule has 8 heteroatoms. The van der Waals surface area contributed by atoms with Crippen LogP contribution in [0.2, 0.25) is 0 Å². The number of ether oxygens (including phenoxy) is 3. The summed E-state index contributed by atoms with van der Waals surface area (Å²) in [6.45, 7) is -2.83. The third-order valence-electron chi connectivity index (χ3n) is 4.63. The number of hydrogen-bond acceptors (Lipinski definition) is 5. The van der Waals surface area contributed by atoms with E-state index in [0.717, 1.165) is 10.8 Å². The first-order valence-corrected chi connectivity index (χ1v) is 9.66. The molecule has 0 spiro atoms. The predicted molar refractivity (Wildman–Crippen MR) is 115 cm³/mol. The van der Waals surface area contributed by atoms with E-state index < -0.39 is 12.5 Å². The van der Waals surface area contributed by atoms with Crippen LogP contribution in [0.25, 0.3) is 10.8 Å². The summed E-state index contributed by atoms with van der Waals surface area (Å²) < 4.78 is 45.6. The van der Waals surface area contributed by atoms with E-state index in [4.69, 9.17) is 13.9 Å². The van der Waals surface area contributed by atoms with Crippen molar-refractivity contribution in [3.8, 4) is 17.2 Å². The molecule has 164 valence electrons.